The van der Waals surface area contributed by atoms with Gasteiger partial charge in [0.15, 0.2) is 5.82 Å². The molecule has 2 heterocycles. The van der Waals surface area contributed by atoms with Crippen LogP contribution in [0.1, 0.15) is 31.5 Å². The molecule has 1 fully saturated rings. The monoisotopic (exact) mass is 225 g/mol. The predicted molar refractivity (Wildman–Crippen MR) is 59.2 cm³/mol. The highest BCUT2D eigenvalue weighted by atomic mass is 16.5. The minimum atomic E-state index is 0.374. The highest BCUT2D eigenvalue weighted by molar-refractivity contribution is 4.83. The van der Waals surface area contributed by atoms with Gasteiger partial charge in [0.25, 0.3) is 0 Å². The average molecular weight is 225 g/mol. The molecule has 1 saturated heterocycles. The van der Waals surface area contributed by atoms with Crippen molar-refractivity contribution in [1.29, 1.82) is 0 Å². The van der Waals surface area contributed by atoms with E-state index >= 15 is 0 Å². The Bertz CT molecular complexity index is 327. The summed E-state index contributed by atoms with van der Waals surface area (Å²) >= 11 is 0. The van der Waals surface area contributed by atoms with Crippen molar-refractivity contribution in [1.82, 2.24) is 15.5 Å². The first kappa shape index (κ1) is 11.5. The zero-order valence-electron chi connectivity index (χ0n) is 9.90. The Morgan fingerprint density at radius 1 is 1.44 bits per heavy atom. The lowest BCUT2D eigenvalue weighted by Crippen LogP contribution is -2.28. The lowest BCUT2D eigenvalue weighted by atomic mass is 10.2. The molecule has 0 aliphatic carbocycles. The molecule has 2 unspecified atom stereocenters. The van der Waals surface area contributed by atoms with E-state index in [1.807, 2.05) is 6.92 Å². The fourth-order valence-corrected chi connectivity index (χ4v) is 1.94. The van der Waals surface area contributed by atoms with Crippen LogP contribution < -0.4 is 5.32 Å². The molecule has 16 heavy (non-hydrogen) atoms. The molecule has 2 atom stereocenters. The predicted octanol–water partition coefficient (Wildman–Crippen LogP) is 1.08. The van der Waals surface area contributed by atoms with Gasteiger partial charge < -0.3 is 14.6 Å². The molecular formula is C11H19N3O2. The van der Waals surface area contributed by atoms with Crippen molar-refractivity contribution in [2.75, 3.05) is 13.1 Å². The minimum Gasteiger partial charge on any atom is -0.374 e. The van der Waals surface area contributed by atoms with E-state index in [1.165, 1.54) is 6.42 Å². The third-order valence-electron chi connectivity index (χ3n) is 2.78. The van der Waals surface area contributed by atoms with Gasteiger partial charge >= 0.3 is 0 Å². The fourth-order valence-electron chi connectivity index (χ4n) is 1.94. The van der Waals surface area contributed by atoms with Crippen molar-refractivity contribution in [2.24, 2.45) is 0 Å². The molecular weight excluding hydrogens is 206 g/mol. The molecule has 5 nitrogen and oxygen atoms in total. The van der Waals surface area contributed by atoms with Crippen LogP contribution in [0, 0.1) is 6.92 Å². The normalized spacial score (nSPS) is 25.1. The second-order valence-corrected chi connectivity index (χ2v) is 4.34. The summed E-state index contributed by atoms with van der Waals surface area (Å²) in [6.07, 6.45) is 3.91. The van der Waals surface area contributed by atoms with Crippen LogP contribution in [-0.2, 0) is 11.2 Å². The van der Waals surface area contributed by atoms with Gasteiger partial charge in [0.2, 0.25) is 5.89 Å². The highest BCUT2D eigenvalue weighted by Gasteiger charge is 2.20. The highest BCUT2D eigenvalue weighted by Crippen LogP contribution is 2.17. The van der Waals surface area contributed by atoms with Gasteiger partial charge in [-0.2, -0.15) is 4.98 Å². The van der Waals surface area contributed by atoms with Gasteiger partial charge in [0.1, 0.15) is 0 Å². The first-order valence-corrected chi connectivity index (χ1v) is 5.89. The lowest BCUT2D eigenvalue weighted by molar-refractivity contribution is 0.0561. The van der Waals surface area contributed by atoms with Gasteiger partial charge in [-0.25, -0.2) is 0 Å². The molecule has 0 spiro atoms. The van der Waals surface area contributed by atoms with Crippen LogP contribution in [0.5, 0.6) is 0 Å². The summed E-state index contributed by atoms with van der Waals surface area (Å²) in [6.45, 7) is 5.72. The van der Waals surface area contributed by atoms with Crippen molar-refractivity contribution >= 4 is 0 Å². The molecule has 0 bridgehead atoms. The van der Waals surface area contributed by atoms with Crippen molar-refractivity contribution in [3.8, 4) is 0 Å². The van der Waals surface area contributed by atoms with Gasteiger partial charge in [-0.05, 0) is 26.7 Å². The number of nitrogens with one attached hydrogen (secondary N) is 1. The van der Waals surface area contributed by atoms with Crippen LogP contribution in [-0.4, -0.2) is 35.4 Å². The Balaban J connectivity index is 1.58. The van der Waals surface area contributed by atoms with Gasteiger partial charge in [-0.1, -0.05) is 5.16 Å². The van der Waals surface area contributed by atoms with Crippen LogP contribution in [0.4, 0.5) is 0 Å². The van der Waals surface area contributed by atoms with E-state index in [1.54, 1.807) is 0 Å². The Kier molecular flexibility index (Phi) is 3.90. The Morgan fingerprint density at radius 2 is 2.31 bits per heavy atom. The molecule has 90 valence electrons. The van der Waals surface area contributed by atoms with Crippen LogP contribution in [0.2, 0.25) is 0 Å². The number of ether oxygens (including phenoxy) is 1. The quantitative estimate of drug-likeness (QED) is 0.760. The van der Waals surface area contributed by atoms with E-state index in [0.29, 0.717) is 23.9 Å². The molecule has 1 aliphatic heterocycles. The van der Waals surface area contributed by atoms with Crippen molar-refractivity contribution in [3.05, 3.63) is 11.7 Å². The maximum atomic E-state index is 5.70. The fraction of sp³-hybridized carbons (Fsp3) is 0.818. The van der Waals surface area contributed by atoms with E-state index in [-0.39, 0.29) is 0 Å². The second kappa shape index (κ2) is 5.41. The molecule has 0 saturated carbocycles. The third kappa shape index (κ3) is 3.28. The maximum absolute atomic E-state index is 5.70. The zero-order chi connectivity index (χ0) is 11.4. The first-order chi connectivity index (χ1) is 7.74. The van der Waals surface area contributed by atoms with E-state index in [0.717, 1.165) is 25.9 Å². The first-order valence-electron chi connectivity index (χ1n) is 5.89. The summed E-state index contributed by atoms with van der Waals surface area (Å²) < 4.78 is 10.7. The number of hydrogen-bond donors (Lipinski definition) is 1. The lowest BCUT2D eigenvalue weighted by Gasteiger charge is -2.11. The third-order valence-corrected chi connectivity index (χ3v) is 2.78. The van der Waals surface area contributed by atoms with E-state index in [9.17, 15) is 0 Å². The largest absolute Gasteiger partial charge is 0.374 e. The summed E-state index contributed by atoms with van der Waals surface area (Å²) in [5.74, 6) is 1.40. The Labute approximate surface area is 95.6 Å². The zero-order valence-corrected chi connectivity index (χ0v) is 9.90. The smallest absolute Gasteiger partial charge is 0.227 e. The van der Waals surface area contributed by atoms with E-state index < -0.39 is 0 Å². The summed E-state index contributed by atoms with van der Waals surface area (Å²) in [5.41, 5.74) is 0. The summed E-state index contributed by atoms with van der Waals surface area (Å²) in [4.78, 5) is 4.14. The van der Waals surface area contributed by atoms with Crippen molar-refractivity contribution in [3.63, 3.8) is 0 Å². The topological polar surface area (TPSA) is 60.2 Å². The summed E-state index contributed by atoms with van der Waals surface area (Å²) in [6, 6.07) is 0. The molecule has 5 heteroatoms. The van der Waals surface area contributed by atoms with Crippen LogP contribution in [0.15, 0.2) is 4.52 Å². The van der Waals surface area contributed by atoms with Gasteiger partial charge in [0.05, 0.1) is 12.2 Å². The van der Waals surface area contributed by atoms with E-state index in [2.05, 4.69) is 22.4 Å². The minimum absolute atomic E-state index is 0.374. The Morgan fingerprint density at radius 3 is 2.94 bits per heavy atom. The van der Waals surface area contributed by atoms with Crippen LogP contribution in [0.25, 0.3) is 0 Å². The van der Waals surface area contributed by atoms with Crippen LogP contribution >= 0.6 is 0 Å². The molecule has 1 aromatic rings. The average Bonchev–Trinajstić information content (AvgIpc) is 2.83. The van der Waals surface area contributed by atoms with Crippen LogP contribution in [0.3, 0.4) is 0 Å². The second-order valence-electron chi connectivity index (χ2n) is 4.34. The van der Waals surface area contributed by atoms with E-state index in [4.69, 9.17) is 9.26 Å². The number of aromatic nitrogens is 2. The molecule has 1 N–H and O–H groups in total. The van der Waals surface area contributed by atoms with Crippen molar-refractivity contribution < 1.29 is 9.26 Å². The maximum Gasteiger partial charge on any atom is 0.227 e. The molecule has 0 aromatic carbocycles. The number of aryl methyl sites for hydroxylation is 1. The Hall–Kier alpha value is -0.940. The van der Waals surface area contributed by atoms with Gasteiger partial charge in [0, 0.05) is 19.5 Å². The SMILES string of the molecule is Cc1noc(CCNCC2CCC(C)O2)n1. The molecule has 0 amide bonds. The van der Waals surface area contributed by atoms with Gasteiger partial charge in [-0.15, -0.1) is 0 Å². The number of rotatable bonds is 5. The summed E-state index contributed by atoms with van der Waals surface area (Å²) in [5, 5.41) is 7.10. The standard InChI is InChI=1S/C11H19N3O2/c1-8-3-4-10(15-8)7-12-6-5-11-13-9(2)14-16-11/h8,10,12H,3-7H2,1-2H3. The number of nitrogens with zero attached hydrogens (tertiary/aromatic N) is 2. The molecule has 2 rings (SSSR count). The number of hydrogen-bond acceptors (Lipinski definition) is 5. The summed E-state index contributed by atoms with van der Waals surface area (Å²) in [7, 11) is 0. The molecule has 1 aliphatic rings. The van der Waals surface area contributed by atoms with Crippen molar-refractivity contribution in [2.45, 2.75) is 45.3 Å². The molecule has 1 aromatic heterocycles. The molecule has 0 radical (unpaired) electrons. The van der Waals surface area contributed by atoms with Gasteiger partial charge in [-0.3, -0.25) is 0 Å².